The summed E-state index contributed by atoms with van der Waals surface area (Å²) in [5.74, 6) is -1.45. The van der Waals surface area contributed by atoms with Crippen LogP contribution in [0, 0.1) is 6.92 Å². The molecular weight excluding hydrogens is 399 g/mol. The molecule has 0 spiro atoms. The molecule has 5 nitrogen and oxygen atoms in total. The standard InChI is InChI=1S/C21H20Cl2N2O3/c1-3-4-9-18(19(26)24-17-8-6-5-7-12(17)2)25-20(27)13-10-15(22)16(23)11-14(13)21(25)28/h5-8,10-11,18H,3-4,9H2,1-2H3,(H,24,26)/t18-/m1/s1. The van der Waals surface area contributed by atoms with Crippen molar-refractivity contribution in [3.63, 3.8) is 0 Å². The smallest absolute Gasteiger partial charge is 0.262 e. The summed E-state index contributed by atoms with van der Waals surface area (Å²) in [4.78, 5) is 39.9. The van der Waals surface area contributed by atoms with Crippen LogP contribution in [0.25, 0.3) is 0 Å². The van der Waals surface area contributed by atoms with Crippen LogP contribution in [0.3, 0.4) is 0 Å². The zero-order valence-electron chi connectivity index (χ0n) is 15.6. The molecule has 28 heavy (non-hydrogen) atoms. The first-order chi connectivity index (χ1) is 13.3. The second kappa shape index (κ2) is 8.33. The van der Waals surface area contributed by atoms with E-state index in [9.17, 15) is 14.4 Å². The predicted molar refractivity (Wildman–Crippen MR) is 110 cm³/mol. The van der Waals surface area contributed by atoms with E-state index < -0.39 is 23.8 Å². The molecule has 3 rings (SSSR count). The van der Waals surface area contributed by atoms with Crippen LogP contribution in [-0.4, -0.2) is 28.7 Å². The highest BCUT2D eigenvalue weighted by Crippen LogP contribution is 2.33. The number of amides is 3. The molecule has 146 valence electrons. The number of rotatable bonds is 6. The third-order valence-electron chi connectivity index (χ3n) is 4.81. The number of para-hydroxylation sites is 1. The number of hydrogen-bond acceptors (Lipinski definition) is 3. The lowest BCUT2D eigenvalue weighted by Gasteiger charge is -2.25. The number of nitrogens with one attached hydrogen (secondary N) is 1. The summed E-state index contributed by atoms with van der Waals surface area (Å²) in [5.41, 5.74) is 1.89. The van der Waals surface area contributed by atoms with Gasteiger partial charge in [0.05, 0.1) is 21.2 Å². The Morgan fingerprint density at radius 3 is 2.18 bits per heavy atom. The highest BCUT2D eigenvalue weighted by molar-refractivity contribution is 6.43. The molecule has 1 atom stereocenters. The van der Waals surface area contributed by atoms with Gasteiger partial charge in [-0.05, 0) is 37.1 Å². The van der Waals surface area contributed by atoms with Crippen molar-refractivity contribution in [2.24, 2.45) is 0 Å². The fraction of sp³-hybridized carbons (Fsp3) is 0.286. The van der Waals surface area contributed by atoms with Gasteiger partial charge in [0, 0.05) is 5.69 Å². The van der Waals surface area contributed by atoms with Gasteiger partial charge in [-0.25, -0.2) is 0 Å². The van der Waals surface area contributed by atoms with E-state index in [4.69, 9.17) is 23.2 Å². The van der Waals surface area contributed by atoms with Crippen LogP contribution < -0.4 is 5.32 Å². The Balaban J connectivity index is 1.93. The van der Waals surface area contributed by atoms with Gasteiger partial charge in [0.1, 0.15) is 6.04 Å². The minimum atomic E-state index is -0.912. The lowest BCUT2D eigenvalue weighted by atomic mass is 10.1. The van der Waals surface area contributed by atoms with Crippen LogP contribution in [0.4, 0.5) is 5.69 Å². The van der Waals surface area contributed by atoms with Crippen LogP contribution >= 0.6 is 23.2 Å². The largest absolute Gasteiger partial charge is 0.324 e. The molecular formula is C21H20Cl2N2O3. The number of benzene rings is 2. The van der Waals surface area contributed by atoms with Crippen molar-refractivity contribution in [2.45, 2.75) is 39.2 Å². The van der Waals surface area contributed by atoms with Gasteiger partial charge in [-0.15, -0.1) is 0 Å². The Morgan fingerprint density at radius 2 is 1.64 bits per heavy atom. The number of carbonyl (C=O) groups excluding carboxylic acids is 3. The van der Waals surface area contributed by atoms with Gasteiger partial charge in [0.25, 0.3) is 11.8 Å². The lowest BCUT2D eigenvalue weighted by Crippen LogP contribution is -2.47. The van der Waals surface area contributed by atoms with Gasteiger partial charge < -0.3 is 5.32 Å². The first-order valence-electron chi connectivity index (χ1n) is 9.08. The molecule has 0 saturated heterocycles. The monoisotopic (exact) mass is 418 g/mol. The van der Waals surface area contributed by atoms with E-state index in [2.05, 4.69) is 5.32 Å². The second-order valence-electron chi connectivity index (χ2n) is 6.75. The van der Waals surface area contributed by atoms with Crippen LogP contribution in [0.2, 0.25) is 10.0 Å². The van der Waals surface area contributed by atoms with Crippen LogP contribution in [-0.2, 0) is 4.79 Å². The molecule has 0 bridgehead atoms. The van der Waals surface area contributed by atoms with Crippen molar-refractivity contribution < 1.29 is 14.4 Å². The molecule has 0 saturated carbocycles. The van der Waals surface area contributed by atoms with Gasteiger partial charge in [0.2, 0.25) is 5.91 Å². The number of nitrogens with zero attached hydrogens (tertiary/aromatic N) is 1. The Labute approximate surface area is 173 Å². The first-order valence-corrected chi connectivity index (χ1v) is 9.84. The lowest BCUT2D eigenvalue weighted by molar-refractivity contribution is -0.120. The molecule has 2 aromatic rings. The molecule has 0 aromatic heterocycles. The molecule has 2 aromatic carbocycles. The number of aryl methyl sites for hydroxylation is 1. The summed E-state index contributed by atoms with van der Waals surface area (Å²) in [5, 5.41) is 3.23. The molecule has 1 heterocycles. The van der Waals surface area contributed by atoms with Crippen LogP contribution in [0.1, 0.15) is 52.5 Å². The number of carbonyl (C=O) groups is 3. The van der Waals surface area contributed by atoms with E-state index >= 15 is 0 Å². The molecule has 7 heteroatoms. The Bertz CT molecular complexity index is 918. The van der Waals surface area contributed by atoms with Crippen molar-refractivity contribution in [3.8, 4) is 0 Å². The number of anilines is 1. The van der Waals surface area contributed by atoms with Crippen molar-refractivity contribution in [3.05, 3.63) is 63.1 Å². The molecule has 1 aliphatic heterocycles. The van der Waals surface area contributed by atoms with Crippen molar-refractivity contribution in [2.75, 3.05) is 5.32 Å². The topological polar surface area (TPSA) is 66.5 Å². The maximum absolute atomic E-state index is 13.0. The van der Waals surface area contributed by atoms with E-state index in [1.165, 1.54) is 12.1 Å². The Kier molecular flexibility index (Phi) is 6.06. The number of fused-ring (bicyclic) bond motifs is 1. The average Bonchev–Trinajstić information content (AvgIpc) is 2.89. The maximum atomic E-state index is 13.0. The van der Waals surface area contributed by atoms with E-state index in [0.29, 0.717) is 18.5 Å². The summed E-state index contributed by atoms with van der Waals surface area (Å²) in [6, 6.07) is 9.21. The molecule has 0 radical (unpaired) electrons. The van der Waals surface area contributed by atoms with Gasteiger partial charge in [-0.1, -0.05) is 61.2 Å². The van der Waals surface area contributed by atoms with Gasteiger partial charge in [0.15, 0.2) is 0 Å². The highest BCUT2D eigenvalue weighted by atomic mass is 35.5. The minimum absolute atomic E-state index is 0.171. The number of unbranched alkanes of at least 4 members (excludes halogenated alkanes) is 1. The number of imide groups is 1. The zero-order chi connectivity index (χ0) is 20.4. The molecule has 1 N–H and O–H groups in total. The first kappa shape index (κ1) is 20.4. The van der Waals surface area contributed by atoms with Crippen LogP contribution in [0.5, 0.6) is 0 Å². The van der Waals surface area contributed by atoms with Crippen molar-refractivity contribution in [1.82, 2.24) is 4.90 Å². The fourth-order valence-electron chi connectivity index (χ4n) is 3.24. The minimum Gasteiger partial charge on any atom is -0.324 e. The SMILES string of the molecule is CCCC[C@H](C(=O)Nc1ccccc1C)N1C(=O)c2cc(Cl)c(Cl)cc2C1=O. The number of hydrogen-bond donors (Lipinski definition) is 1. The Hall–Kier alpha value is -2.37. The van der Waals surface area contributed by atoms with Gasteiger partial charge in [-0.3, -0.25) is 19.3 Å². The van der Waals surface area contributed by atoms with Crippen molar-refractivity contribution in [1.29, 1.82) is 0 Å². The summed E-state index contributed by atoms with van der Waals surface area (Å²) in [6.45, 7) is 3.86. The van der Waals surface area contributed by atoms with Gasteiger partial charge in [-0.2, -0.15) is 0 Å². The summed E-state index contributed by atoms with van der Waals surface area (Å²) in [6.07, 6.45) is 1.90. The maximum Gasteiger partial charge on any atom is 0.262 e. The molecule has 3 amide bonds. The average molecular weight is 419 g/mol. The third kappa shape index (κ3) is 3.77. The highest BCUT2D eigenvalue weighted by Gasteiger charge is 2.43. The van der Waals surface area contributed by atoms with E-state index in [1.807, 2.05) is 32.0 Å². The summed E-state index contributed by atoms with van der Waals surface area (Å²) in [7, 11) is 0. The molecule has 1 aliphatic rings. The Morgan fingerprint density at radius 1 is 1.07 bits per heavy atom. The van der Waals surface area contributed by atoms with E-state index in [-0.39, 0.29) is 21.2 Å². The molecule has 0 aliphatic carbocycles. The third-order valence-corrected chi connectivity index (χ3v) is 5.53. The molecule has 0 unspecified atom stereocenters. The summed E-state index contributed by atoms with van der Waals surface area (Å²) < 4.78 is 0. The van der Waals surface area contributed by atoms with Crippen LogP contribution in [0.15, 0.2) is 36.4 Å². The number of halogens is 2. The quantitative estimate of drug-likeness (QED) is 0.663. The van der Waals surface area contributed by atoms with E-state index in [0.717, 1.165) is 16.9 Å². The predicted octanol–water partition coefficient (Wildman–Crippen LogP) is 5.10. The normalized spacial score (nSPS) is 14.2. The van der Waals surface area contributed by atoms with Gasteiger partial charge >= 0.3 is 0 Å². The summed E-state index contributed by atoms with van der Waals surface area (Å²) >= 11 is 12.0. The van der Waals surface area contributed by atoms with Crippen molar-refractivity contribution >= 4 is 46.6 Å². The fourth-order valence-corrected chi connectivity index (χ4v) is 3.57. The molecule has 0 fully saturated rings. The second-order valence-corrected chi connectivity index (χ2v) is 7.57. The zero-order valence-corrected chi connectivity index (χ0v) is 17.1. The van der Waals surface area contributed by atoms with E-state index in [1.54, 1.807) is 6.07 Å².